The van der Waals surface area contributed by atoms with Crippen LogP contribution in [-0.2, 0) is 18.1 Å². The molecular weight excluding hydrogens is 383 g/mol. The highest BCUT2D eigenvalue weighted by Gasteiger charge is 2.47. The van der Waals surface area contributed by atoms with Gasteiger partial charge >= 0.3 is 0 Å². The molecule has 0 bridgehead atoms. The average molecular weight is 422 g/mol. The van der Waals surface area contributed by atoms with Crippen molar-refractivity contribution in [3.8, 4) is 0 Å². The summed E-state index contributed by atoms with van der Waals surface area (Å²) in [7, 11) is -4.88. The lowest BCUT2D eigenvalue weighted by molar-refractivity contribution is -0.150. The van der Waals surface area contributed by atoms with Gasteiger partial charge < -0.3 is 19.0 Å². The second-order valence-corrected chi connectivity index (χ2v) is 23.6. The molecule has 1 atom stereocenters. The van der Waals surface area contributed by atoms with Gasteiger partial charge in [-0.1, -0.05) is 0 Å². The monoisotopic (exact) mass is 421 g/mol. The quantitative estimate of drug-likeness (QED) is 0.334. The van der Waals surface area contributed by atoms with E-state index in [1.54, 1.807) is 13.0 Å². The summed E-state index contributed by atoms with van der Waals surface area (Å²) >= 11 is 0. The molecule has 0 radical (unpaired) electrons. The molecule has 0 aromatic heterocycles. The Morgan fingerprint density at radius 3 is 1.64 bits per heavy atom. The van der Waals surface area contributed by atoms with Gasteiger partial charge in [0.1, 0.15) is 0 Å². The number of nitrogens with two attached hydrogens (primary N) is 1. The number of amides is 1. The average Bonchev–Trinajstić information content (AvgIpc) is 2.29. The fourth-order valence-electron chi connectivity index (χ4n) is 2.51. The summed E-state index contributed by atoms with van der Waals surface area (Å²) in [5.41, 5.74) is 5.97. The second kappa shape index (κ2) is 8.76. The molecular formula is C16H39NO4Si4. The van der Waals surface area contributed by atoms with E-state index in [-0.39, 0.29) is 6.10 Å². The van der Waals surface area contributed by atoms with Crippen molar-refractivity contribution in [3.63, 3.8) is 0 Å². The van der Waals surface area contributed by atoms with E-state index in [0.29, 0.717) is 5.57 Å². The molecule has 0 aliphatic carbocycles. The van der Waals surface area contributed by atoms with Crippen LogP contribution in [0.5, 0.6) is 0 Å². The third-order valence-corrected chi connectivity index (χ3v) is 6.65. The number of hydrogen-bond acceptors (Lipinski definition) is 4. The molecule has 0 rings (SSSR count). The van der Waals surface area contributed by atoms with Gasteiger partial charge in [-0.05, 0) is 78.0 Å². The van der Waals surface area contributed by atoms with Crippen molar-refractivity contribution in [1.29, 1.82) is 0 Å². The highest BCUT2D eigenvalue weighted by molar-refractivity contribution is 6.71. The van der Waals surface area contributed by atoms with Crippen LogP contribution in [0.2, 0.25) is 65.0 Å². The first-order chi connectivity index (χ1) is 10.9. The minimum atomic E-state index is -2.00. The van der Waals surface area contributed by atoms with Crippen LogP contribution in [-0.4, -0.2) is 53.0 Å². The summed E-state index contributed by atoms with van der Waals surface area (Å²) in [6.07, 6.45) is 1.56. The van der Waals surface area contributed by atoms with Crippen molar-refractivity contribution in [2.24, 2.45) is 5.73 Å². The van der Waals surface area contributed by atoms with Gasteiger partial charge in [-0.3, -0.25) is 4.79 Å². The molecule has 2 N–H and O–H groups in total. The molecule has 5 nitrogen and oxygen atoms in total. The van der Waals surface area contributed by atoms with Gasteiger partial charge in [0.15, 0.2) is 30.7 Å². The van der Waals surface area contributed by atoms with E-state index >= 15 is 0 Å². The lowest BCUT2D eigenvalue weighted by Crippen LogP contribution is -2.58. The molecule has 1 unspecified atom stereocenters. The Balaban J connectivity index is 6.41. The van der Waals surface area contributed by atoms with Gasteiger partial charge in [-0.15, -0.1) is 0 Å². The third-order valence-electron chi connectivity index (χ3n) is 3.05. The maximum Gasteiger partial charge on any atom is 0.244 e. The van der Waals surface area contributed by atoms with Crippen molar-refractivity contribution >= 4 is 41.1 Å². The van der Waals surface area contributed by atoms with E-state index in [2.05, 4.69) is 58.9 Å². The van der Waals surface area contributed by atoms with Gasteiger partial charge in [-0.2, -0.15) is 0 Å². The molecule has 9 heteroatoms. The number of carbonyl (C=O) groups excluding carboxylic acids is 1. The van der Waals surface area contributed by atoms with E-state index in [0.717, 1.165) is 16.3 Å². The van der Waals surface area contributed by atoms with Crippen molar-refractivity contribution in [1.82, 2.24) is 0 Å². The van der Waals surface area contributed by atoms with Crippen LogP contribution in [0.1, 0.15) is 6.92 Å². The van der Waals surface area contributed by atoms with Crippen molar-refractivity contribution in [2.75, 3.05) is 0 Å². The Labute approximate surface area is 160 Å². The van der Waals surface area contributed by atoms with Crippen LogP contribution in [0.25, 0.3) is 0 Å². The van der Waals surface area contributed by atoms with Crippen LogP contribution in [0.15, 0.2) is 11.6 Å². The molecule has 1 amide bonds. The maximum atomic E-state index is 11.7. The van der Waals surface area contributed by atoms with Crippen LogP contribution in [0, 0.1) is 0 Å². The number of hydrogen-bond donors (Lipinski definition) is 1. The fraction of sp³-hybridized carbons (Fsp3) is 0.812. The molecule has 0 spiro atoms. The first-order valence-electron chi connectivity index (χ1n) is 8.98. The lowest BCUT2D eigenvalue weighted by Gasteiger charge is -2.47. The summed E-state index contributed by atoms with van der Waals surface area (Å²) in [5, 5.41) is 0. The predicted octanol–water partition coefficient (Wildman–Crippen LogP) is 2.82. The zero-order chi connectivity index (χ0) is 20.3. The largest absolute Gasteiger partial charge is 0.409 e. The minimum absolute atomic E-state index is 0.224. The smallest absolute Gasteiger partial charge is 0.244 e. The molecule has 0 heterocycles. The molecule has 25 heavy (non-hydrogen) atoms. The minimum Gasteiger partial charge on any atom is -0.409 e. The van der Waals surface area contributed by atoms with Gasteiger partial charge in [0.2, 0.25) is 5.91 Å². The van der Waals surface area contributed by atoms with Crippen LogP contribution in [0.4, 0.5) is 0 Å². The van der Waals surface area contributed by atoms with E-state index in [1.807, 2.05) is 0 Å². The first kappa shape index (κ1) is 25.0. The molecule has 0 fully saturated rings. The Morgan fingerprint density at radius 1 is 1.00 bits per heavy atom. The zero-order valence-electron chi connectivity index (χ0n) is 18.1. The summed E-state index contributed by atoms with van der Waals surface area (Å²) < 4.78 is 19.7. The van der Waals surface area contributed by atoms with Crippen LogP contribution in [0.3, 0.4) is 0 Å². The molecule has 0 aliphatic rings. The fourth-order valence-corrected chi connectivity index (χ4v) is 7.23. The molecule has 0 aliphatic heterocycles. The molecule has 0 saturated carbocycles. The predicted molar refractivity (Wildman–Crippen MR) is 118 cm³/mol. The topological polar surface area (TPSA) is 70.8 Å². The van der Waals surface area contributed by atoms with E-state index < -0.39 is 36.6 Å². The third kappa shape index (κ3) is 10.0. The van der Waals surface area contributed by atoms with Crippen LogP contribution >= 0.6 is 0 Å². The standard InChI is InChI=1S/C16H39NO4Si4/c1-13(15(17)18)11-16(20-24(5,6)7,21-25(8,9)10)14(12-22)19-23(2,3)4/h11,14H,12H2,1-10,22H3,(H2,17,18). The van der Waals surface area contributed by atoms with Crippen LogP contribution < -0.4 is 5.73 Å². The molecule has 148 valence electrons. The Kier molecular flexibility index (Phi) is 8.75. The molecule has 0 aromatic rings. The van der Waals surface area contributed by atoms with E-state index in [4.69, 9.17) is 19.0 Å². The van der Waals surface area contributed by atoms with Crippen molar-refractivity contribution in [2.45, 2.75) is 83.8 Å². The molecule has 0 saturated heterocycles. The number of carbonyl (C=O) groups is 1. The summed E-state index contributed by atoms with van der Waals surface area (Å²) in [6.45, 7) is 21.0. The van der Waals surface area contributed by atoms with E-state index in [9.17, 15) is 4.79 Å². The number of rotatable bonds is 10. The summed E-state index contributed by atoms with van der Waals surface area (Å²) in [4.78, 5) is 11.7. The lowest BCUT2D eigenvalue weighted by atomic mass is 10.1. The molecule has 0 aromatic carbocycles. The zero-order valence-corrected chi connectivity index (χ0v) is 23.1. The van der Waals surface area contributed by atoms with E-state index in [1.165, 1.54) is 0 Å². The second-order valence-electron chi connectivity index (χ2n) is 9.47. The first-order valence-corrected chi connectivity index (χ1v) is 20.6. The Hall–Kier alpha value is -0.0425. The summed E-state index contributed by atoms with van der Waals surface area (Å²) in [6, 6.07) is 0.863. The van der Waals surface area contributed by atoms with Crippen molar-refractivity contribution < 1.29 is 18.1 Å². The normalized spacial score (nSPS) is 16.2. The van der Waals surface area contributed by atoms with Gasteiger partial charge in [0.25, 0.3) is 0 Å². The Morgan fingerprint density at radius 2 is 1.40 bits per heavy atom. The highest BCUT2D eigenvalue weighted by Crippen LogP contribution is 2.34. The number of primary amides is 1. The maximum absolute atomic E-state index is 11.7. The van der Waals surface area contributed by atoms with Gasteiger partial charge in [-0.25, -0.2) is 0 Å². The summed E-state index contributed by atoms with van der Waals surface area (Å²) in [5.74, 6) is -1.50. The van der Waals surface area contributed by atoms with Gasteiger partial charge in [0.05, 0.1) is 6.10 Å². The highest BCUT2D eigenvalue weighted by atomic mass is 28.4. The Bertz CT molecular complexity index is 474. The van der Waals surface area contributed by atoms with Crippen molar-refractivity contribution in [3.05, 3.63) is 11.6 Å². The SMILES string of the molecule is CC(=CC(O[Si](C)(C)C)(O[Si](C)(C)C)C(C[SiH3])O[Si](C)(C)C)C(N)=O. The van der Waals surface area contributed by atoms with Gasteiger partial charge in [0, 0.05) is 15.8 Å².